The van der Waals surface area contributed by atoms with Gasteiger partial charge < -0.3 is 0 Å². The zero-order chi connectivity index (χ0) is 46.8. The summed E-state index contributed by atoms with van der Waals surface area (Å²) < 4.78 is 0. The molecule has 6 heteroatoms. The number of rotatable bonds is 9. The van der Waals surface area contributed by atoms with E-state index in [0.717, 1.165) is 44.8 Å². The highest BCUT2D eigenvalue weighted by atomic mass is 15.0. The topological polar surface area (TPSA) is 77.3 Å². The summed E-state index contributed by atoms with van der Waals surface area (Å²) >= 11 is 0. The summed E-state index contributed by atoms with van der Waals surface area (Å²) in [5.74, 6) is 3.13. The van der Waals surface area contributed by atoms with E-state index >= 15 is 0 Å². The van der Waals surface area contributed by atoms with Crippen molar-refractivity contribution in [3.8, 4) is 78.9 Å². The molecule has 0 aliphatic heterocycles. The number of nitrogens with zero attached hydrogens (tertiary/aromatic N) is 6. The van der Waals surface area contributed by atoms with Crippen LogP contribution in [-0.4, -0.2) is 29.9 Å². The van der Waals surface area contributed by atoms with E-state index in [4.69, 9.17) is 19.9 Å². The van der Waals surface area contributed by atoms with Crippen LogP contribution in [0.5, 0.6) is 0 Å². The third-order valence-corrected chi connectivity index (χ3v) is 14.3. The van der Waals surface area contributed by atoms with Crippen LogP contribution >= 0.6 is 0 Å². The monoisotopic (exact) mass is 893 g/mol. The minimum absolute atomic E-state index is 0.00497. The van der Waals surface area contributed by atoms with E-state index in [1.165, 1.54) is 103 Å². The second kappa shape index (κ2) is 19.1. The van der Waals surface area contributed by atoms with Crippen molar-refractivity contribution >= 4 is 0 Å². The Morgan fingerprint density at radius 3 is 1.25 bits per heavy atom. The predicted molar refractivity (Wildman–Crippen MR) is 280 cm³/mol. The van der Waals surface area contributed by atoms with Crippen molar-refractivity contribution in [3.05, 3.63) is 168 Å². The van der Waals surface area contributed by atoms with E-state index in [1.807, 2.05) is 30.6 Å². The highest BCUT2D eigenvalue weighted by molar-refractivity contribution is 5.77. The van der Waals surface area contributed by atoms with Crippen LogP contribution in [0.15, 0.2) is 146 Å². The maximum Gasteiger partial charge on any atom is 0.164 e. The Morgan fingerprint density at radius 2 is 0.779 bits per heavy atom. The third-order valence-electron chi connectivity index (χ3n) is 14.3. The van der Waals surface area contributed by atoms with Crippen LogP contribution < -0.4 is 0 Å². The lowest BCUT2D eigenvalue weighted by atomic mass is 9.78. The van der Waals surface area contributed by atoms with Crippen molar-refractivity contribution in [1.82, 2.24) is 29.9 Å². The molecule has 68 heavy (non-hydrogen) atoms. The van der Waals surface area contributed by atoms with Crippen LogP contribution in [0.4, 0.5) is 0 Å². The standard InChI is InChI=1S/C62H64N6/c1-61(2,3)54-35-53(36-55(37-54)62(4,5)6)44-22-14-25-47(30-44)59-66-58(67-60(68-59)48-26-15-23-45(31-48)56-39-64-40-57(65-56)49-27-16-28-63-38-49)46-24-13-21-43(29-46)52-33-50(41-17-9-7-10-18-41)32-51(34-52)42-19-11-8-12-20-42/h13-16,21-42H,7-12,17-20H2,1-6H3. The lowest BCUT2D eigenvalue weighted by molar-refractivity contribution is 0.435. The third kappa shape index (κ3) is 10.1. The molecule has 0 unspecified atom stereocenters. The molecule has 3 heterocycles. The molecule has 2 saturated carbocycles. The van der Waals surface area contributed by atoms with Crippen LogP contribution in [0.2, 0.25) is 0 Å². The van der Waals surface area contributed by atoms with Gasteiger partial charge in [0, 0.05) is 40.2 Å². The Morgan fingerprint density at radius 1 is 0.353 bits per heavy atom. The average Bonchev–Trinajstić information content (AvgIpc) is 3.38. The highest BCUT2D eigenvalue weighted by Gasteiger charge is 2.24. The summed E-state index contributed by atoms with van der Waals surface area (Å²) in [6.07, 6.45) is 20.3. The Balaban J connectivity index is 1.10. The summed E-state index contributed by atoms with van der Waals surface area (Å²) in [4.78, 5) is 29.8. The van der Waals surface area contributed by atoms with Gasteiger partial charge in [-0.25, -0.2) is 19.9 Å². The van der Waals surface area contributed by atoms with E-state index in [2.05, 4.69) is 155 Å². The van der Waals surface area contributed by atoms with Crippen LogP contribution in [0.1, 0.15) is 140 Å². The summed E-state index contributed by atoms with van der Waals surface area (Å²) in [5.41, 5.74) is 16.6. The molecule has 3 aromatic heterocycles. The molecule has 2 fully saturated rings. The molecule has 0 spiro atoms. The van der Waals surface area contributed by atoms with E-state index in [0.29, 0.717) is 29.3 Å². The largest absolute Gasteiger partial charge is 0.264 e. The normalized spacial score (nSPS) is 15.1. The van der Waals surface area contributed by atoms with Crippen LogP contribution in [0.25, 0.3) is 78.9 Å². The van der Waals surface area contributed by atoms with E-state index in [1.54, 1.807) is 12.4 Å². The number of pyridine rings is 1. The molecular weight excluding hydrogens is 829 g/mol. The van der Waals surface area contributed by atoms with Gasteiger partial charge in [0.2, 0.25) is 0 Å². The lowest BCUT2D eigenvalue weighted by Gasteiger charge is -2.27. The highest BCUT2D eigenvalue weighted by Crippen LogP contribution is 2.41. The quantitative estimate of drug-likeness (QED) is 0.144. The molecule has 0 radical (unpaired) electrons. The van der Waals surface area contributed by atoms with Gasteiger partial charge in [-0.1, -0.05) is 171 Å². The molecule has 342 valence electrons. The van der Waals surface area contributed by atoms with Crippen LogP contribution in [0, 0.1) is 0 Å². The van der Waals surface area contributed by atoms with Gasteiger partial charge in [-0.3, -0.25) is 9.97 Å². The van der Waals surface area contributed by atoms with Gasteiger partial charge in [0.15, 0.2) is 17.5 Å². The molecule has 0 bridgehead atoms. The fourth-order valence-electron chi connectivity index (χ4n) is 10.3. The van der Waals surface area contributed by atoms with E-state index in [9.17, 15) is 0 Å². The smallest absolute Gasteiger partial charge is 0.164 e. The van der Waals surface area contributed by atoms with Gasteiger partial charge in [-0.05, 0) is 123 Å². The number of hydrogen-bond donors (Lipinski definition) is 0. The van der Waals surface area contributed by atoms with Crippen LogP contribution in [0.3, 0.4) is 0 Å². The van der Waals surface area contributed by atoms with Gasteiger partial charge in [0.25, 0.3) is 0 Å². The van der Waals surface area contributed by atoms with Crippen molar-refractivity contribution < 1.29 is 0 Å². The van der Waals surface area contributed by atoms with Gasteiger partial charge in [-0.15, -0.1) is 0 Å². The summed E-state index contributed by atoms with van der Waals surface area (Å²) in [5, 5.41) is 0. The summed E-state index contributed by atoms with van der Waals surface area (Å²) in [7, 11) is 0. The predicted octanol–water partition coefficient (Wildman–Crippen LogP) is 16.4. The zero-order valence-corrected chi connectivity index (χ0v) is 40.8. The Labute approximate surface area is 403 Å². The summed E-state index contributed by atoms with van der Waals surface area (Å²) in [6.45, 7) is 13.8. The number of hydrogen-bond acceptors (Lipinski definition) is 6. The Kier molecular flexibility index (Phi) is 12.7. The molecule has 0 saturated heterocycles. The molecule has 8 aromatic rings. The van der Waals surface area contributed by atoms with E-state index < -0.39 is 0 Å². The van der Waals surface area contributed by atoms with Gasteiger partial charge >= 0.3 is 0 Å². The van der Waals surface area contributed by atoms with Crippen molar-refractivity contribution in [2.45, 2.75) is 128 Å². The Hall–Kier alpha value is -6.66. The first-order valence-electron chi connectivity index (χ1n) is 25.0. The van der Waals surface area contributed by atoms with Crippen molar-refractivity contribution in [1.29, 1.82) is 0 Å². The van der Waals surface area contributed by atoms with Crippen molar-refractivity contribution in [2.24, 2.45) is 0 Å². The molecular formula is C62H64N6. The first-order valence-corrected chi connectivity index (χ1v) is 25.0. The summed E-state index contributed by atoms with van der Waals surface area (Å²) in [6, 6.07) is 44.5. The molecule has 0 atom stereocenters. The maximum absolute atomic E-state index is 5.34. The lowest BCUT2D eigenvalue weighted by Crippen LogP contribution is -2.16. The minimum atomic E-state index is -0.00497. The fourth-order valence-corrected chi connectivity index (χ4v) is 10.3. The second-order valence-corrected chi connectivity index (χ2v) is 21.4. The van der Waals surface area contributed by atoms with Crippen molar-refractivity contribution in [2.75, 3.05) is 0 Å². The zero-order valence-electron chi connectivity index (χ0n) is 40.8. The second-order valence-electron chi connectivity index (χ2n) is 21.4. The van der Waals surface area contributed by atoms with Gasteiger partial charge in [0.1, 0.15) is 0 Å². The SMILES string of the molecule is CC(C)(C)c1cc(-c2cccc(-c3nc(-c4cccc(-c5cc(C6CCCCC6)cc(C6CCCCC6)c5)c4)nc(-c4cccc(-c5cncc(-c6cccnc6)n5)c4)n3)c2)cc(C(C)(C)C)c1. The average molecular weight is 893 g/mol. The molecule has 2 aliphatic rings. The number of aromatic nitrogens is 6. The molecule has 0 N–H and O–H groups in total. The molecule has 5 aromatic carbocycles. The maximum atomic E-state index is 5.34. The number of benzene rings is 5. The Bertz CT molecular complexity index is 2990. The molecule has 2 aliphatic carbocycles. The molecule has 6 nitrogen and oxygen atoms in total. The van der Waals surface area contributed by atoms with E-state index in [-0.39, 0.29) is 10.8 Å². The van der Waals surface area contributed by atoms with Crippen molar-refractivity contribution in [3.63, 3.8) is 0 Å². The molecule has 0 amide bonds. The van der Waals surface area contributed by atoms with Gasteiger partial charge in [-0.2, -0.15) is 0 Å². The molecule has 10 rings (SSSR count). The van der Waals surface area contributed by atoms with Crippen LogP contribution in [-0.2, 0) is 10.8 Å². The van der Waals surface area contributed by atoms with Gasteiger partial charge in [0.05, 0.1) is 23.8 Å². The first-order chi connectivity index (χ1) is 32.9. The fraction of sp³-hybridized carbons (Fsp3) is 0.323. The minimum Gasteiger partial charge on any atom is -0.264 e. The first kappa shape index (κ1) is 45.1.